The molecule has 1 radical (unpaired) electrons. The molecule has 0 aromatic heterocycles. The van der Waals surface area contributed by atoms with Crippen LogP contribution in [0, 0.1) is 0 Å². The van der Waals surface area contributed by atoms with E-state index in [0.29, 0.717) is 6.04 Å². The molecule has 2 atom stereocenters. The summed E-state index contributed by atoms with van der Waals surface area (Å²) >= 11 is 0. The number of allylic oxidation sites excluding steroid dienone is 2. The summed E-state index contributed by atoms with van der Waals surface area (Å²) in [7, 11) is 0. The molecule has 0 bridgehead atoms. The number of halogens is 2. The molecular weight excluding hydrogens is 325 g/mol. The third-order valence-corrected chi connectivity index (χ3v) is 4.53. The Hall–Kier alpha value is 0.474. The van der Waals surface area contributed by atoms with E-state index in [0.717, 1.165) is 6.42 Å². The van der Waals surface area contributed by atoms with Crippen molar-refractivity contribution in [3.8, 4) is 0 Å². The van der Waals surface area contributed by atoms with Crippen LogP contribution in [0.25, 0.3) is 5.32 Å². The van der Waals surface area contributed by atoms with Gasteiger partial charge in [0.2, 0.25) is 0 Å². The van der Waals surface area contributed by atoms with Gasteiger partial charge in [0.25, 0.3) is 0 Å². The van der Waals surface area contributed by atoms with Crippen LogP contribution in [0.3, 0.4) is 0 Å². The van der Waals surface area contributed by atoms with Crippen LogP contribution in [0.4, 0.5) is 0 Å². The molecular formula is C16H24Cl2NTi. The largest absolute Gasteiger partial charge is 3.00 e. The monoisotopic (exact) mass is 348 g/mol. The second kappa shape index (κ2) is 8.81. The fraction of sp³-hybridized carbons (Fsp3) is 0.625. The van der Waals surface area contributed by atoms with Gasteiger partial charge in [-0.15, -0.1) is 12.6 Å². The molecule has 1 saturated carbocycles. The molecule has 0 saturated heterocycles. The second-order valence-corrected chi connectivity index (χ2v) is 5.77. The van der Waals surface area contributed by atoms with Crippen molar-refractivity contribution in [3.05, 3.63) is 40.3 Å². The third kappa shape index (κ3) is 4.48. The summed E-state index contributed by atoms with van der Waals surface area (Å²) in [5.41, 5.74) is 5.46. The summed E-state index contributed by atoms with van der Waals surface area (Å²) in [5, 5.41) is 5.10. The average Bonchev–Trinajstić information content (AvgIpc) is 2.47. The van der Waals surface area contributed by atoms with Crippen molar-refractivity contribution >= 4 is 0 Å². The predicted octanol–water partition coefficient (Wildman–Crippen LogP) is -1.08. The molecule has 0 N–H and O–H groups in total. The van der Waals surface area contributed by atoms with Gasteiger partial charge < -0.3 is 30.1 Å². The molecule has 20 heavy (non-hydrogen) atoms. The molecule has 0 aliphatic heterocycles. The van der Waals surface area contributed by atoms with Crippen molar-refractivity contribution in [3.63, 3.8) is 0 Å². The van der Waals surface area contributed by atoms with E-state index in [4.69, 9.17) is 5.32 Å². The quantitative estimate of drug-likeness (QED) is 0.445. The maximum Gasteiger partial charge on any atom is 3.00 e. The van der Waals surface area contributed by atoms with Crippen molar-refractivity contribution in [1.82, 2.24) is 0 Å². The summed E-state index contributed by atoms with van der Waals surface area (Å²) in [6, 6.07) is 0.374. The van der Waals surface area contributed by atoms with Crippen LogP contribution in [0.2, 0.25) is 0 Å². The minimum Gasteiger partial charge on any atom is -1.00 e. The molecule has 0 aromatic carbocycles. The molecule has 1 nitrogen and oxygen atoms in total. The zero-order chi connectivity index (χ0) is 12.6. The van der Waals surface area contributed by atoms with Crippen LogP contribution in [-0.2, 0) is 21.7 Å². The smallest absolute Gasteiger partial charge is 1.00 e. The van der Waals surface area contributed by atoms with Crippen LogP contribution >= 0.6 is 0 Å². The number of rotatable bonds is 2. The van der Waals surface area contributed by atoms with Crippen molar-refractivity contribution in [1.29, 1.82) is 0 Å². The first-order chi connectivity index (χ1) is 7.94. The van der Waals surface area contributed by atoms with Gasteiger partial charge in [0.1, 0.15) is 0 Å². The number of hydrogen-bond donors (Lipinski definition) is 0. The molecule has 0 spiro atoms. The van der Waals surface area contributed by atoms with E-state index >= 15 is 0 Å². The van der Waals surface area contributed by atoms with Gasteiger partial charge in [0, 0.05) is 0 Å². The van der Waals surface area contributed by atoms with Gasteiger partial charge >= 0.3 is 21.7 Å². The fourth-order valence-corrected chi connectivity index (χ4v) is 2.99. The minimum absolute atomic E-state index is 0. The summed E-state index contributed by atoms with van der Waals surface area (Å²) in [5.74, 6) is 0. The normalized spacial score (nSPS) is 29.1. The molecule has 1 fully saturated rings. The Balaban J connectivity index is 0. The van der Waals surface area contributed by atoms with E-state index in [-0.39, 0.29) is 52.1 Å². The molecule has 111 valence electrons. The van der Waals surface area contributed by atoms with Crippen molar-refractivity contribution < 1.29 is 46.5 Å². The Kier molecular flexibility index (Phi) is 10.0. The van der Waals surface area contributed by atoms with Crippen LogP contribution in [0.5, 0.6) is 0 Å². The van der Waals surface area contributed by atoms with E-state index in [1.165, 1.54) is 41.6 Å². The molecule has 0 heterocycles. The first-order valence-corrected chi connectivity index (χ1v) is 6.71. The Labute approximate surface area is 151 Å². The van der Waals surface area contributed by atoms with E-state index in [2.05, 4.69) is 40.3 Å². The van der Waals surface area contributed by atoms with Gasteiger partial charge in [-0.25, -0.2) is 0 Å². The van der Waals surface area contributed by atoms with Gasteiger partial charge in [-0.05, 0) is 33.6 Å². The van der Waals surface area contributed by atoms with Crippen molar-refractivity contribution in [2.24, 2.45) is 0 Å². The number of nitrogens with zero attached hydrogens (tertiary/aromatic N) is 1. The van der Waals surface area contributed by atoms with Crippen LogP contribution in [0.15, 0.2) is 34.9 Å². The molecule has 2 rings (SSSR count). The second-order valence-electron chi connectivity index (χ2n) is 5.77. The first-order valence-electron chi connectivity index (χ1n) is 6.71. The maximum atomic E-state index is 5.10. The molecule has 0 aromatic rings. The van der Waals surface area contributed by atoms with Crippen LogP contribution < -0.4 is 24.8 Å². The van der Waals surface area contributed by atoms with Gasteiger partial charge in [0.05, 0.1) is 0 Å². The van der Waals surface area contributed by atoms with E-state index in [9.17, 15) is 0 Å². The summed E-state index contributed by atoms with van der Waals surface area (Å²) in [6.07, 6.45) is 7.26. The predicted molar refractivity (Wildman–Crippen MR) is 75.3 cm³/mol. The Morgan fingerprint density at radius 3 is 2.25 bits per heavy atom. The SMILES string of the molecule is C=C1CCCCC1[N-]C1(C)C=C(C)C(C)=C1C.[Cl-].[Cl-].[Ti+3]. The molecule has 0 amide bonds. The third-order valence-electron chi connectivity index (χ3n) is 4.53. The Morgan fingerprint density at radius 1 is 1.20 bits per heavy atom. The van der Waals surface area contributed by atoms with E-state index in [1.54, 1.807) is 0 Å². The van der Waals surface area contributed by atoms with Crippen LogP contribution in [-0.4, -0.2) is 11.6 Å². The zero-order valence-corrected chi connectivity index (χ0v) is 16.0. The standard InChI is InChI=1S/C16H24N.2ClH.Ti/c1-11-8-6-7-9-15(11)17-16(5)10-12(2)13(3)14(16)4;;;/h10,15H,1,6-9H2,2-5H3;2*1H;/q-1;;;+3/p-2. The summed E-state index contributed by atoms with van der Waals surface area (Å²) < 4.78 is 0. The fourth-order valence-electron chi connectivity index (χ4n) is 2.99. The van der Waals surface area contributed by atoms with Gasteiger partial charge in [-0.2, -0.15) is 0 Å². The van der Waals surface area contributed by atoms with E-state index in [1.807, 2.05) is 0 Å². The van der Waals surface area contributed by atoms with Crippen molar-refractivity contribution in [2.75, 3.05) is 0 Å². The topological polar surface area (TPSA) is 14.1 Å². The van der Waals surface area contributed by atoms with Crippen molar-refractivity contribution in [2.45, 2.75) is 65.0 Å². The zero-order valence-electron chi connectivity index (χ0n) is 12.9. The molecule has 2 aliphatic rings. The first kappa shape index (κ1) is 22.8. The summed E-state index contributed by atoms with van der Waals surface area (Å²) in [4.78, 5) is 0. The van der Waals surface area contributed by atoms with Gasteiger partial charge in [-0.1, -0.05) is 53.7 Å². The summed E-state index contributed by atoms with van der Waals surface area (Å²) in [6.45, 7) is 13.1. The number of hydrogen-bond acceptors (Lipinski definition) is 0. The van der Waals surface area contributed by atoms with E-state index < -0.39 is 0 Å². The maximum absolute atomic E-state index is 5.10. The van der Waals surface area contributed by atoms with Gasteiger partial charge in [0.15, 0.2) is 0 Å². The van der Waals surface area contributed by atoms with Gasteiger partial charge in [-0.3, -0.25) is 0 Å². The Morgan fingerprint density at radius 2 is 1.80 bits per heavy atom. The molecule has 2 unspecified atom stereocenters. The average molecular weight is 349 g/mol. The molecule has 4 heteroatoms. The molecule has 2 aliphatic carbocycles. The Bertz CT molecular complexity index is 415. The van der Waals surface area contributed by atoms with Crippen LogP contribution in [0.1, 0.15) is 53.4 Å². The minimum atomic E-state index is -0.0842.